The molecule has 0 saturated heterocycles. The number of amides is 2. The van der Waals surface area contributed by atoms with Crippen LogP contribution in [0.15, 0.2) is 46.9 Å². The van der Waals surface area contributed by atoms with Crippen LogP contribution < -0.4 is 4.74 Å². The fourth-order valence-electron chi connectivity index (χ4n) is 3.10. The van der Waals surface area contributed by atoms with Gasteiger partial charge in [-0.1, -0.05) is 24.3 Å². The van der Waals surface area contributed by atoms with Crippen LogP contribution in [0.25, 0.3) is 0 Å². The number of nitrogens with zero attached hydrogens (tertiary/aromatic N) is 2. The third-order valence-corrected chi connectivity index (χ3v) is 5.44. The molecule has 0 aromatic heterocycles. The molecule has 2 amide bonds. The Morgan fingerprint density at radius 1 is 1.09 bits per heavy atom. The van der Waals surface area contributed by atoms with Gasteiger partial charge in [0.25, 0.3) is 5.91 Å². The highest BCUT2D eigenvalue weighted by atomic mass is 79.9. The summed E-state index contributed by atoms with van der Waals surface area (Å²) < 4.78 is 25.9. The monoisotopic (exact) mass is 524 g/mol. The van der Waals surface area contributed by atoms with Crippen LogP contribution in [0.3, 0.4) is 0 Å². The first-order chi connectivity index (χ1) is 15.5. The van der Waals surface area contributed by atoms with Gasteiger partial charge in [0, 0.05) is 20.0 Å². The standard InChI is InChI=1S/C24H30BrFN2O5/c1-24(2,3)33-23(30)28(15-16-10-12-18(31-5)13-11-16)20(22(29)27(4)32-6)14-17-8-7-9-19(25)21(17)26/h7-13,20H,14-15H2,1-6H3. The summed E-state index contributed by atoms with van der Waals surface area (Å²) in [6.45, 7) is 5.27. The van der Waals surface area contributed by atoms with Gasteiger partial charge in [-0.25, -0.2) is 14.2 Å². The Balaban J connectivity index is 2.52. The second-order valence-corrected chi connectivity index (χ2v) is 9.26. The minimum absolute atomic E-state index is 0.0580. The fraction of sp³-hybridized carbons (Fsp3) is 0.417. The molecule has 0 bridgehead atoms. The van der Waals surface area contributed by atoms with E-state index in [-0.39, 0.29) is 23.0 Å². The van der Waals surface area contributed by atoms with E-state index in [1.54, 1.807) is 70.3 Å². The lowest BCUT2D eigenvalue weighted by Gasteiger charge is -2.34. The predicted molar refractivity (Wildman–Crippen MR) is 126 cm³/mol. The predicted octanol–water partition coefficient (Wildman–Crippen LogP) is 4.97. The van der Waals surface area contributed by atoms with E-state index in [2.05, 4.69) is 15.9 Å². The molecule has 180 valence electrons. The second-order valence-electron chi connectivity index (χ2n) is 8.41. The molecule has 0 fully saturated rings. The maximum atomic E-state index is 14.8. The van der Waals surface area contributed by atoms with Crippen LogP contribution in [-0.4, -0.2) is 54.9 Å². The van der Waals surface area contributed by atoms with Crippen LogP contribution in [0.1, 0.15) is 31.9 Å². The maximum absolute atomic E-state index is 14.8. The first-order valence-corrected chi connectivity index (χ1v) is 11.1. The largest absolute Gasteiger partial charge is 0.497 e. The summed E-state index contributed by atoms with van der Waals surface area (Å²) in [5.41, 5.74) is 0.224. The lowest BCUT2D eigenvalue weighted by molar-refractivity contribution is -0.174. The van der Waals surface area contributed by atoms with Gasteiger partial charge < -0.3 is 9.47 Å². The molecule has 0 N–H and O–H groups in total. The Bertz CT molecular complexity index is 962. The zero-order valence-corrected chi connectivity index (χ0v) is 21.3. The fourth-order valence-corrected chi connectivity index (χ4v) is 3.50. The second kappa shape index (κ2) is 11.5. The summed E-state index contributed by atoms with van der Waals surface area (Å²) in [4.78, 5) is 32.9. The van der Waals surface area contributed by atoms with Crippen molar-refractivity contribution in [2.75, 3.05) is 21.3 Å². The van der Waals surface area contributed by atoms with Crippen molar-refractivity contribution in [2.45, 2.75) is 45.4 Å². The molecule has 2 aromatic rings. The number of hydrogen-bond donors (Lipinski definition) is 0. The molecular weight excluding hydrogens is 495 g/mol. The zero-order chi connectivity index (χ0) is 24.8. The number of benzene rings is 2. The van der Waals surface area contributed by atoms with E-state index in [4.69, 9.17) is 14.3 Å². The number of ether oxygens (including phenoxy) is 2. The molecule has 0 aliphatic carbocycles. The van der Waals surface area contributed by atoms with Crippen LogP contribution in [0.4, 0.5) is 9.18 Å². The summed E-state index contributed by atoms with van der Waals surface area (Å²) in [5.74, 6) is -0.356. The Morgan fingerprint density at radius 2 is 1.73 bits per heavy atom. The quantitative estimate of drug-likeness (QED) is 0.456. The normalized spacial score (nSPS) is 12.1. The van der Waals surface area contributed by atoms with Crippen molar-refractivity contribution in [3.8, 4) is 5.75 Å². The first kappa shape index (κ1) is 26.6. The lowest BCUT2D eigenvalue weighted by Crippen LogP contribution is -2.52. The summed E-state index contributed by atoms with van der Waals surface area (Å²) >= 11 is 3.18. The molecule has 0 saturated carbocycles. The SMILES string of the molecule is COc1ccc(CN(C(=O)OC(C)(C)C)C(Cc2cccc(Br)c2F)C(=O)N(C)OC)cc1. The molecule has 2 rings (SSSR count). The first-order valence-electron chi connectivity index (χ1n) is 10.3. The topological polar surface area (TPSA) is 68.3 Å². The third kappa shape index (κ3) is 7.43. The maximum Gasteiger partial charge on any atom is 0.411 e. The van der Waals surface area contributed by atoms with Crippen molar-refractivity contribution in [3.63, 3.8) is 0 Å². The van der Waals surface area contributed by atoms with Crippen LogP contribution in [-0.2, 0) is 27.3 Å². The van der Waals surface area contributed by atoms with E-state index >= 15 is 0 Å². The number of rotatable bonds is 8. The molecule has 0 heterocycles. The van der Waals surface area contributed by atoms with E-state index in [1.165, 1.54) is 19.1 Å². The van der Waals surface area contributed by atoms with Gasteiger partial charge >= 0.3 is 6.09 Å². The Labute approximate surface area is 202 Å². The van der Waals surface area contributed by atoms with Gasteiger partial charge in [-0.3, -0.25) is 14.5 Å². The van der Waals surface area contributed by atoms with Crippen molar-refractivity contribution in [2.24, 2.45) is 0 Å². The van der Waals surface area contributed by atoms with Crippen molar-refractivity contribution in [3.05, 3.63) is 63.9 Å². The van der Waals surface area contributed by atoms with Crippen LogP contribution in [0, 0.1) is 5.82 Å². The number of carbonyl (C=O) groups is 2. The Kier molecular flexibility index (Phi) is 9.25. The lowest BCUT2D eigenvalue weighted by atomic mass is 10.0. The molecule has 0 aliphatic rings. The van der Waals surface area contributed by atoms with E-state index < -0.39 is 29.5 Å². The molecule has 1 atom stereocenters. The van der Waals surface area contributed by atoms with Crippen molar-refractivity contribution >= 4 is 27.9 Å². The smallest absolute Gasteiger partial charge is 0.411 e. The molecule has 2 aromatic carbocycles. The molecule has 1 unspecified atom stereocenters. The van der Waals surface area contributed by atoms with E-state index in [1.807, 2.05) is 0 Å². The Hall–Kier alpha value is -2.65. The summed E-state index contributed by atoms with van der Waals surface area (Å²) in [6.07, 6.45) is -0.774. The van der Waals surface area contributed by atoms with Crippen LogP contribution >= 0.6 is 15.9 Å². The minimum Gasteiger partial charge on any atom is -0.497 e. The van der Waals surface area contributed by atoms with Gasteiger partial charge in [-0.05, 0) is 66.0 Å². The number of hydrogen-bond acceptors (Lipinski definition) is 5. The molecule has 7 nitrogen and oxygen atoms in total. The minimum atomic E-state index is -1.09. The molecule has 33 heavy (non-hydrogen) atoms. The summed E-state index contributed by atoms with van der Waals surface area (Å²) in [6, 6.07) is 10.8. The number of carbonyl (C=O) groups excluding carboxylic acids is 2. The molecular formula is C24H30BrFN2O5. The summed E-state index contributed by atoms with van der Waals surface area (Å²) in [7, 11) is 4.34. The van der Waals surface area contributed by atoms with Crippen molar-refractivity contribution in [1.29, 1.82) is 0 Å². The number of likely N-dealkylation sites (N-methyl/N-ethyl adjacent to an activating group) is 1. The highest BCUT2D eigenvalue weighted by Crippen LogP contribution is 2.24. The van der Waals surface area contributed by atoms with Crippen LogP contribution in [0.2, 0.25) is 0 Å². The van der Waals surface area contributed by atoms with Crippen molar-refractivity contribution < 1.29 is 28.3 Å². The molecule has 0 radical (unpaired) electrons. The van der Waals surface area contributed by atoms with Gasteiger partial charge in [0.2, 0.25) is 0 Å². The highest BCUT2D eigenvalue weighted by Gasteiger charge is 2.36. The third-order valence-electron chi connectivity index (χ3n) is 4.83. The van der Waals surface area contributed by atoms with Gasteiger partial charge in [0.05, 0.1) is 18.7 Å². The average Bonchev–Trinajstić information content (AvgIpc) is 2.77. The van der Waals surface area contributed by atoms with E-state index in [0.29, 0.717) is 5.75 Å². The number of hydroxylamine groups is 2. The van der Waals surface area contributed by atoms with Gasteiger partial charge in [-0.15, -0.1) is 0 Å². The van der Waals surface area contributed by atoms with E-state index in [0.717, 1.165) is 10.6 Å². The number of halogens is 2. The van der Waals surface area contributed by atoms with Crippen molar-refractivity contribution in [1.82, 2.24) is 9.96 Å². The number of methoxy groups -OCH3 is 1. The van der Waals surface area contributed by atoms with Gasteiger partial charge in [-0.2, -0.15) is 0 Å². The molecule has 0 spiro atoms. The highest BCUT2D eigenvalue weighted by molar-refractivity contribution is 9.10. The molecule has 0 aliphatic heterocycles. The van der Waals surface area contributed by atoms with Gasteiger partial charge in [0.1, 0.15) is 23.2 Å². The Morgan fingerprint density at radius 3 is 2.27 bits per heavy atom. The zero-order valence-electron chi connectivity index (χ0n) is 19.7. The van der Waals surface area contributed by atoms with Gasteiger partial charge in [0.15, 0.2) is 0 Å². The van der Waals surface area contributed by atoms with E-state index in [9.17, 15) is 14.0 Å². The van der Waals surface area contributed by atoms with Crippen LogP contribution in [0.5, 0.6) is 5.75 Å². The molecule has 9 heteroatoms. The average molecular weight is 525 g/mol. The summed E-state index contributed by atoms with van der Waals surface area (Å²) in [5, 5.41) is 1.02.